The second-order valence-electron chi connectivity index (χ2n) is 17.0. The molecule has 2 rings (SSSR count). The van der Waals surface area contributed by atoms with E-state index in [9.17, 15) is 0 Å². The monoisotopic (exact) mass is 519 g/mol. The molecule has 0 aromatic heterocycles. The van der Waals surface area contributed by atoms with Crippen molar-refractivity contribution in [1.29, 1.82) is 0 Å². The highest BCUT2D eigenvalue weighted by molar-refractivity contribution is 5.00. The summed E-state index contributed by atoms with van der Waals surface area (Å²) in [6, 6.07) is 2.29. The fraction of sp³-hybridized carbons (Fsp3) is 1.00. The van der Waals surface area contributed by atoms with Gasteiger partial charge in [-0.25, -0.2) is 0 Å². The molecule has 2 saturated carbocycles. The van der Waals surface area contributed by atoms with Crippen LogP contribution in [0.2, 0.25) is 0 Å². The lowest BCUT2D eigenvalue weighted by atomic mass is 9.66. The first-order chi connectivity index (χ1) is 16.9. The zero-order valence-corrected chi connectivity index (χ0v) is 27.9. The van der Waals surface area contributed by atoms with Gasteiger partial charge in [-0.3, -0.25) is 0 Å². The molecule has 0 aromatic rings. The molecule has 220 valence electrons. The minimum absolute atomic E-state index is 0.229. The zero-order valence-electron chi connectivity index (χ0n) is 27.9. The molecule has 2 aliphatic carbocycles. The van der Waals surface area contributed by atoms with Gasteiger partial charge in [0.2, 0.25) is 0 Å². The molecule has 0 amide bonds. The van der Waals surface area contributed by atoms with E-state index in [1.165, 1.54) is 44.9 Å². The Morgan fingerprint density at radius 3 is 0.919 bits per heavy atom. The molecule has 0 bridgehead atoms. The van der Waals surface area contributed by atoms with Gasteiger partial charge in [-0.05, 0) is 90.3 Å². The first-order valence-electron chi connectivity index (χ1n) is 16.5. The molecule has 2 nitrogen and oxygen atoms in total. The SMILES string of the molecule is CC(C)C1CCC[C@H](C(C)C)C1NC(CC(NC1C(C(C)C)CCC[C@H]1C(C)C)C(C)(C)C)C(C)(C)C. The van der Waals surface area contributed by atoms with Crippen LogP contribution in [0.5, 0.6) is 0 Å². The highest BCUT2D eigenvalue weighted by atomic mass is 15.0. The summed E-state index contributed by atoms with van der Waals surface area (Å²) in [5, 5.41) is 8.85. The molecule has 0 aromatic carbocycles. The number of rotatable bonds is 10. The Kier molecular flexibility index (Phi) is 12.1. The smallest absolute Gasteiger partial charge is 0.0133 e. The van der Waals surface area contributed by atoms with Crippen molar-refractivity contribution in [3.63, 3.8) is 0 Å². The van der Waals surface area contributed by atoms with E-state index in [-0.39, 0.29) is 10.8 Å². The first kappa shape index (κ1) is 33.1. The standard InChI is InChI=1S/C35H70N2/c1-22(2)26-17-15-18-27(23(3)4)32(26)36-30(34(9,10)11)21-31(35(12,13)14)37-33-28(24(5)6)19-16-20-29(33)25(7)8/h22-33,36-37H,15-21H2,1-14H3/t26-,27?,28+,29?,30?,31?,32?,33?. The molecule has 2 fully saturated rings. The van der Waals surface area contributed by atoms with Crippen LogP contribution in [-0.4, -0.2) is 24.2 Å². The molecule has 6 unspecified atom stereocenters. The number of hydrogen-bond donors (Lipinski definition) is 2. The molecule has 8 atom stereocenters. The molecule has 0 radical (unpaired) electrons. The summed E-state index contributed by atoms with van der Waals surface area (Å²) in [5.74, 6) is 6.16. The first-order valence-corrected chi connectivity index (χ1v) is 16.5. The predicted octanol–water partition coefficient (Wildman–Crippen LogP) is 9.58. The molecule has 0 saturated heterocycles. The molecule has 2 N–H and O–H groups in total. The van der Waals surface area contributed by atoms with E-state index in [1.807, 2.05) is 0 Å². The number of hydrogen-bond acceptors (Lipinski definition) is 2. The summed E-state index contributed by atoms with van der Waals surface area (Å²) in [7, 11) is 0. The predicted molar refractivity (Wildman–Crippen MR) is 166 cm³/mol. The molecule has 0 spiro atoms. The van der Waals surface area contributed by atoms with E-state index in [1.54, 1.807) is 0 Å². The molecule has 2 aliphatic rings. The quantitative estimate of drug-likeness (QED) is 0.301. The van der Waals surface area contributed by atoms with Gasteiger partial charge in [0.15, 0.2) is 0 Å². The Hall–Kier alpha value is -0.0800. The molecule has 2 heteroatoms. The second kappa shape index (κ2) is 13.5. The maximum atomic E-state index is 4.43. The van der Waals surface area contributed by atoms with Crippen molar-refractivity contribution in [1.82, 2.24) is 10.6 Å². The van der Waals surface area contributed by atoms with E-state index < -0.39 is 0 Å². The Bertz CT molecular complexity index is 561. The zero-order chi connectivity index (χ0) is 28.3. The maximum absolute atomic E-state index is 4.43. The number of nitrogens with one attached hydrogen (secondary N) is 2. The van der Waals surface area contributed by atoms with Gasteiger partial charge in [-0.15, -0.1) is 0 Å². The Labute approximate surface area is 234 Å². The molecular formula is C35H70N2. The van der Waals surface area contributed by atoms with Gasteiger partial charge in [0.05, 0.1) is 0 Å². The van der Waals surface area contributed by atoms with Crippen molar-refractivity contribution >= 4 is 0 Å². The third kappa shape index (κ3) is 8.96. The summed E-state index contributed by atoms with van der Waals surface area (Å²) in [4.78, 5) is 0. The second-order valence-corrected chi connectivity index (χ2v) is 17.0. The lowest BCUT2D eigenvalue weighted by Gasteiger charge is -2.50. The van der Waals surface area contributed by atoms with Crippen molar-refractivity contribution in [3.05, 3.63) is 0 Å². The average molecular weight is 519 g/mol. The fourth-order valence-corrected chi connectivity index (χ4v) is 8.06. The van der Waals surface area contributed by atoms with Crippen LogP contribution in [0, 0.1) is 58.2 Å². The lowest BCUT2D eigenvalue weighted by molar-refractivity contribution is 0.0558. The average Bonchev–Trinajstić information content (AvgIpc) is 2.75. The topological polar surface area (TPSA) is 24.1 Å². The van der Waals surface area contributed by atoms with Gasteiger partial charge < -0.3 is 10.6 Å². The van der Waals surface area contributed by atoms with E-state index in [0.717, 1.165) is 47.3 Å². The highest BCUT2D eigenvalue weighted by Crippen LogP contribution is 2.42. The summed E-state index contributed by atoms with van der Waals surface area (Å²) >= 11 is 0. The van der Waals surface area contributed by atoms with Gasteiger partial charge in [0.1, 0.15) is 0 Å². The van der Waals surface area contributed by atoms with Crippen LogP contribution >= 0.6 is 0 Å². The summed E-state index contributed by atoms with van der Waals surface area (Å²) < 4.78 is 0. The van der Waals surface area contributed by atoms with Crippen LogP contribution in [-0.2, 0) is 0 Å². The van der Waals surface area contributed by atoms with Gasteiger partial charge in [-0.1, -0.05) is 110 Å². The van der Waals surface area contributed by atoms with Crippen LogP contribution in [0.3, 0.4) is 0 Å². The van der Waals surface area contributed by atoms with E-state index >= 15 is 0 Å². The minimum Gasteiger partial charge on any atom is -0.310 e. The van der Waals surface area contributed by atoms with E-state index in [0.29, 0.717) is 24.2 Å². The van der Waals surface area contributed by atoms with Gasteiger partial charge in [-0.2, -0.15) is 0 Å². The van der Waals surface area contributed by atoms with Crippen LogP contribution in [0.15, 0.2) is 0 Å². The van der Waals surface area contributed by atoms with Gasteiger partial charge >= 0.3 is 0 Å². The summed E-state index contributed by atoms with van der Waals surface area (Å²) in [5.41, 5.74) is 0.459. The minimum atomic E-state index is 0.229. The summed E-state index contributed by atoms with van der Waals surface area (Å²) in [6.07, 6.45) is 9.60. The van der Waals surface area contributed by atoms with Crippen LogP contribution in [0.25, 0.3) is 0 Å². The maximum Gasteiger partial charge on any atom is 0.0133 e. The van der Waals surface area contributed by atoms with Crippen molar-refractivity contribution in [2.45, 2.75) is 166 Å². The highest BCUT2D eigenvalue weighted by Gasteiger charge is 2.43. The van der Waals surface area contributed by atoms with Gasteiger partial charge in [0.25, 0.3) is 0 Å². The summed E-state index contributed by atoms with van der Waals surface area (Å²) in [6.45, 7) is 34.6. The van der Waals surface area contributed by atoms with E-state index in [4.69, 9.17) is 0 Å². The Balaban J connectivity index is 2.38. The van der Waals surface area contributed by atoms with Crippen molar-refractivity contribution in [2.75, 3.05) is 0 Å². The Morgan fingerprint density at radius 1 is 0.486 bits per heavy atom. The molecular weight excluding hydrogens is 448 g/mol. The fourth-order valence-electron chi connectivity index (χ4n) is 8.06. The van der Waals surface area contributed by atoms with Crippen LogP contribution < -0.4 is 10.6 Å². The van der Waals surface area contributed by atoms with Crippen LogP contribution in [0.4, 0.5) is 0 Å². The molecule has 37 heavy (non-hydrogen) atoms. The van der Waals surface area contributed by atoms with E-state index in [2.05, 4.69) is 108 Å². The largest absolute Gasteiger partial charge is 0.310 e. The van der Waals surface area contributed by atoms with Crippen molar-refractivity contribution in [3.8, 4) is 0 Å². The lowest BCUT2D eigenvalue weighted by Crippen LogP contribution is -2.60. The van der Waals surface area contributed by atoms with Crippen molar-refractivity contribution < 1.29 is 0 Å². The Morgan fingerprint density at radius 2 is 0.730 bits per heavy atom. The third-order valence-corrected chi connectivity index (χ3v) is 10.8. The molecule has 0 aliphatic heterocycles. The third-order valence-electron chi connectivity index (χ3n) is 10.8. The van der Waals surface area contributed by atoms with Crippen molar-refractivity contribution in [2.24, 2.45) is 58.2 Å². The normalized spacial score (nSPS) is 31.9. The molecule has 0 heterocycles. The van der Waals surface area contributed by atoms with Gasteiger partial charge in [0, 0.05) is 24.2 Å². The van der Waals surface area contributed by atoms with Crippen LogP contribution in [0.1, 0.15) is 142 Å².